The molecule has 0 atom stereocenters. The van der Waals surface area contributed by atoms with Crippen LogP contribution in [0.2, 0.25) is 0 Å². The maximum Gasteiger partial charge on any atom is 0.416 e. The van der Waals surface area contributed by atoms with Crippen LogP contribution in [0.15, 0.2) is 82.6 Å². The molecule has 260 valence electrons. The van der Waals surface area contributed by atoms with Gasteiger partial charge in [0.05, 0.1) is 10.6 Å². The monoisotopic (exact) mass is 697 g/mol. The number of nitrogens with zero attached hydrogens (tertiary/aromatic N) is 3. The lowest BCUT2D eigenvalue weighted by atomic mass is 9.95. The van der Waals surface area contributed by atoms with Crippen LogP contribution in [0.5, 0.6) is 0 Å². The van der Waals surface area contributed by atoms with E-state index in [9.17, 15) is 31.5 Å². The molecule has 49 heavy (non-hydrogen) atoms. The molecule has 0 aliphatic heterocycles. The molecule has 0 N–H and O–H groups in total. The van der Waals surface area contributed by atoms with E-state index in [2.05, 4.69) is 18.7 Å². The molecule has 0 unspecified atom stereocenters. The van der Waals surface area contributed by atoms with E-state index >= 15 is 0 Å². The predicted octanol–water partition coefficient (Wildman–Crippen LogP) is 8.35. The lowest BCUT2D eigenvalue weighted by Gasteiger charge is -2.29. The smallest absolute Gasteiger partial charge is 0.336 e. The van der Waals surface area contributed by atoms with Crippen molar-refractivity contribution in [1.29, 1.82) is 0 Å². The number of fused-ring (bicyclic) bond motifs is 1. The summed E-state index contributed by atoms with van der Waals surface area (Å²) in [6.45, 7) is 7.19. The van der Waals surface area contributed by atoms with Gasteiger partial charge in [-0.15, -0.1) is 11.8 Å². The number of carbonyl (C=O) groups is 1. The van der Waals surface area contributed by atoms with Crippen molar-refractivity contribution in [2.45, 2.75) is 69.6 Å². The molecule has 1 aliphatic carbocycles. The largest absolute Gasteiger partial charge is 0.416 e. The highest BCUT2D eigenvalue weighted by atomic mass is 32.2. The minimum absolute atomic E-state index is 0.0154. The molecule has 0 radical (unpaired) electrons. The van der Waals surface area contributed by atoms with Gasteiger partial charge in [0, 0.05) is 48.3 Å². The number of halogens is 5. The van der Waals surface area contributed by atoms with Gasteiger partial charge >= 0.3 is 6.18 Å². The SMILES string of the molecule is CCN(CC)CCN(Cc1ccc(-c2ccc(C(F)(F)F)cc2)cc1)C(=O)Cn1c(SCc2cccc(F)c2F)cc(=O)c2c1CCCC2. The standard InChI is InChI=1S/C38H40F5N3O2S/c1-3-44(4-2)20-21-45(23-26-12-14-27(15-13-26)28-16-18-30(19-17-28)38(41,42)43)35(48)24-46-33-11-6-5-9-31(33)34(47)22-36(46)49-25-29-8-7-10-32(39)37(29)40/h7-8,10,12-19,22H,3-6,9,11,20-21,23-25H2,1-2H3. The molecule has 1 amide bonds. The Kier molecular flexibility index (Phi) is 12.0. The van der Waals surface area contributed by atoms with Crippen LogP contribution in [0.3, 0.4) is 0 Å². The summed E-state index contributed by atoms with van der Waals surface area (Å²) >= 11 is 1.21. The Labute approximate surface area is 287 Å². The first kappa shape index (κ1) is 36.3. The molecule has 1 aromatic heterocycles. The number of benzene rings is 3. The molecule has 1 aliphatic rings. The summed E-state index contributed by atoms with van der Waals surface area (Å²) in [7, 11) is 0. The average molecular weight is 698 g/mol. The van der Waals surface area contributed by atoms with Gasteiger partial charge in [-0.05, 0) is 73.7 Å². The van der Waals surface area contributed by atoms with Crippen molar-refractivity contribution in [3.05, 3.63) is 123 Å². The molecule has 0 bridgehead atoms. The fourth-order valence-electron chi connectivity index (χ4n) is 6.17. The zero-order valence-corrected chi connectivity index (χ0v) is 28.5. The third-order valence-electron chi connectivity index (χ3n) is 9.09. The Morgan fingerprint density at radius 1 is 0.878 bits per heavy atom. The number of hydrogen-bond donors (Lipinski definition) is 0. The molecular formula is C38H40F5N3O2S. The average Bonchev–Trinajstić information content (AvgIpc) is 3.10. The maximum absolute atomic E-state index is 14.5. The van der Waals surface area contributed by atoms with E-state index < -0.39 is 23.4 Å². The quantitative estimate of drug-likeness (QED) is 0.104. The fraction of sp³-hybridized carbons (Fsp3) is 0.368. The first-order valence-electron chi connectivity index (χ1n) is 16.6. The molecule has 0 spiro atoms. The van der Waals surface area contributed by atoms with Gasteiger partial charge in [-0.25, -0.2) is 8.78 Å². The number of hydrogen-bond acceptors (Lipinski definition) is 4. The highest BCUT2D eigenvalue weighted by molar-refractivity contribution is 7.98. The summed E-state index contributed by atoms with van der Waals surface area (Å²) in [5, 5.41) is 0.534. The molecule has 5 nitrogen and oxygen atoms in total. The van der Waals surface area contributed by atoms with Gasteiger partial charge in [0.1, 0.15) is 6.54 Å². The Morgan fingerprint density at radius 2 is 1.53 bits per heavy atom. The van der Waals surface area contributed by atoms with E-state index in [0.29, 0.717) is 48.6 Å². The third-order valence-corrected chi connectivity index (χ3v) is 10.2. The molecule has 11 heteroatoms. The van der Waals surface area contributed by atoms with Gasteiger partial charge in [-0.2, -0.15) is 13.2 Å². The van der Waals surface area contributed by atoms with Crippen LogP contribution in [0.4, 0.5) is 22.0 Å². The van der Waals surface area contributed by atoms with E-state index in [1.807, 2.05) is 28.8 Å². The first-order valence-corrected chi connectivity index (χ1v) is 17.5. The third kappa shape index (κ3) is 8.99. The lowest BCUT2D eigenvalue weighted by Crippen LogP contribution is -2.40. The highest BCUT2D eigenvalue weighted by Crippen LogP contribution is 2.32. The van der Waals surface area contributed by atoms with Crippen LogP contribution in [-0.2, 0) is 42.7 Å². The van der Waals surface area contributed by atoms with Gasteiger partial charge in [0.15, 0.2) is 17.1 Å². The summed E-state index contributed by atoms with van der Waals surface area (Å²) in [4.78, 5) is 31.4. The van der Waals surface area contributed by atoms with Crippen molar-refractivity contribution in [1.82, 2.24) is 14.4 Å². The van der Waals surface area contributed by atoms with E-state index in [0.717, 1.165) is 61.0 Å². The number of thioether (sulfide) groups is 1. The van der Waals surface area contributed by atoms with Crippen LogP contribution in [-0.4, -0.2) is 46.5 Å². The maximum atomic E-state index is 14.5. The molecule has 0 saturated heterocycles. The van der Waals surface area contributed by atoms with E-state index in [1.165, 1.54) is 42.1 Å². The van der Waals surface area contributed by atoms with Crippen molar-refractivity contribution in [3.8, 4) is 11.1 Å². The number of carbonyl (C=O) groups excluding carboxylic acids is 1. The summed E-state index contributed by atoms with van der Waals surface area (Å²) in [5.41, 5.74) is 3.16. The van der Waals surface area contributed by atoms with Crippen molar-refractivity contribution in [2.24, 2.45) is 0 Å². The minimum atomic E-state index is -4.41. The van der Waals surface area contributed by atoms with Gasteiger partial charge in [0.2, 0.25) is 5.91 Å². The van der Waals surface area contributed by atoms with Crippen LogP contribution < -0.4 is 5.43 Å². The number of rotatable bonds is 13. The summed E-state index contributed by atoms with van der Waals surface area (Å²) < 4.78 is 69.4. The molecule has 0 fully saturated rings. The zero-order valence-electron chi connectivity index (χ0n) is 27.7. The number of aromatic nitrogens is 1. The Morgan fingerprint density at radius 3 is 2.18 bits per heavy atom. The molecule has 4 aromatic rings. The second-order valence-corrected chi connectivity index (χ2v) is 13.2. The van der Waals surface area contributed by atoms with Gasteiger partial charge < -0.3 is 14.4 Å². The normalized spacial score (nSPS) is 13.1. The van der Waals surface area contributed by atoms with Crippen molar-refractivity contribution in [3.63, 3.8) is 0 Å². The minimum Gasteiger partial charge on any atom is -0.336 e. The molecule has 5 rings (SSSR count). The number of alkyl halides is 3. The van der Waals surface area contributed by atoms with Gasteiger partial charge in [-0.3, -0.25) is 9.59 Å². The van der Waals surface area contributed by atoms with Gasteiger partial charge in [-0.1, -0.05) is 62.4 Å². The second kappa shape index (κ2) is 16.2. The Bertz CT molecular complexity index is 1800. The van der Waals surface area contributed by atoms with Crippen LogP contribution in [0.1, 0.15) is 54.6 Å². The van der Waals surface area contributed by atoms with E-state index in [1.54, 1.807) is 4.90 Å². The number of amides is 1. The summed E-state index contributed by atoms with van der Waals surface area (Å²) in [5.74, 6) is -1.92. The Balaban J connectivity index is 1.40. The van der Waals surface area contributed by atoms with Gasteiger partial charge in [0.25, 0.3) is 0 Å². The first-order chi connectivity index (χ1) is 23.5. The van der Waals surface area contributed by atoms with Crippen molar-refractivity contribution in [2.75, 3.05) is 26.2 Å². The second-order valence-electron chi connectivity index (χ2n) is 12.2. The molecule has 0 saturated carbocycles. The summed E-state index contributed by atoms with van der Waals surface area (Å²) in [6, 6.07) is 18.0. The lowest BCUT2D eigenvalue weighted by molar-refractivity contribution is -0.137. The molecule has 3 aromatic carbocycles. The molecule has 1 heterocycles. The van der Waals surface area contributed by atoms with E-state index in [4.69, 9.17) is 0 Å². The predicted molar refractivity (Wildman–Crippen MR) is 183 cm³/mol. The number of likely N-dealkylation sites (N-methyl/N-ethyl adjacent to an activating group) is 1. The van der Waals surface area contributed by atoms with Crippen molar-refractivity contribution < 1.29 is 26.7 Å². The van der Waals surface area contributed by atoms with Crippen LogP contribution >= 0.6 is 11.8 Å². The van der Waals surface area contributed by atoms with Crippen LogP contribution in [0.25, 0.3) is 11.1 Å². The topological polar surface area (TPSA) is 45.5 Å². The highest BCUT2D eigenvalue weighted by Gasteiger charge is 2.30. The van der Waals surface area contributed by atoms with E-state index in [-0.39, 0.29) is 29.2 Å². The van der Waals surface area contributed by atoms with Crippen LogP contribution in [0, 0.1) is 11.6 Å². The molecular weight excluding hydrogens is 657 g/mol. The van der Waals surface area contributed by atoms with Crippen molar-refractivity contribution >= 4 is 17.7 Å². The summed E-state index contributed by atoms with van der Waals surface area (Å²) in [6.07, 6.45) is -1.37. The fourth-order valence-corrected chi connectivity index (χ4v) is 7.22. The Hall–Kier alpha value is -3.96. The zero-order chi connectivity index (χ0) is 35.1. The number of pyridine rings is 1.